The van der Waals surface area contributed by atoms with Crippen molar-refractivity contribution in [3.05, 3.63) is 54.7 Å². The Labute approximate surface area is 107 Å². The van der Waals surface area contributed by atoms with Gasteiger partial charge in [0, 0.05) is 5.69 Å². The topological polar surface area (TPSA) is 85.8 Å². The Morgan fingerprint density at radius 3 is 2.68 bits per heavy atom. The summed E-state index contributed by atoms with van der Waals surface area (Å²) in [6.45, 7) is 0. The van der Waals surface area contributed by atoms with Crippen LogP contribution in [0.2, 0.25) is 0 Å². The lowest BCUT2D eigenvalue weighted by Gasteiger charge is -2.04. The Bertz CT molecular complexity index is 659. The summed E-state index contributed by atoms with van der Waals surface area (Å²) in [4.78, 5) is 11.8. The van der Waals surface area contributed by atoms with Gasteiger partial charge in [0.2, 0.25) is 0 Å². The molecule has 2 heterocycles. The summed E-state index contributed by atoms with van der Waals surface area (Å²) >= 11 is 0. The third-order valence-corrected chi connectivity index (χ3v) is 2.52. The van der Waals surface area contributed by atoms with Crippen molar-refractivity contribution in [1.29, 1.82) is 0 Å². The Balaban J connectivity index is 1.75. The molecule has 2 aromatic heterocycles. The van der Waals surface area contributed by atoms with Crippen molar-refractivity contribution in [2.75, 3.05) is 5.32 Å². The van der Waals surface area contributed by atoms with Gasteiger partial charge in [-0.3, -0.25) is 4.79 Å². The molecule has 0 fully saturated rings. The van der Waals surface area contributed by atoms with Gasteiger partial charge in [-0.25, -0.2) is 4.68 Å². The maximum Gasteiger partial charge on any atom is 0.258 e. The zero-order valence-electron chi connectivity index (χ0n) is 9.72. The number of hydrogen-bond donors (Lipinski definition) is 1. The molecule has 1 amide bonds. The summed E-state index contributed by atoms with van der Waals surface area (Å²) in [6.07, 6.45) is 4.35. The van der Waals surface area contributed by atoms with Crippen LogP contribution in [0.1, 0.15) is 10.4 Å². The molecular weight excluding hydrogens is 246 g/mol. The van der Waals surface area contributed by atoms with Gasteiger partial charge in [0.25, 0.3) is 5.91 Å². The largest absolute Gasteiger partial charge is 0.472 e. The second kappa shape index (κ2) is 4.73. The lowest BCUT2D eigenvalue weighted by atomic mass is 10.2. The van der Waals surface area contributed by atoms with Crippen LogP contribution in [0.15, 0.2) is 53.6 Å². The van der Waals surface area contributed by atoms with Crippen molar-refractivity contribution in [1.82, 2.24) is 20.2 Å². The molecule has 0 spiro atoms. The van der Waals surface area contributed by atoms with Gasteiger partial charge in [0.05, 0.1) is 17.5 Å². The molecule has 0 unspecified atom stereocenters. The average molecular weight is 255 g/mol. The molecule has 1 N–H and O–H groups in total. The minimum Gasteiger partial charge on any atom is -0.472 e. The molecule has 7 nitrogen and oxygen atoms in total. The summed E-state index contributed by atoms with van der Waals surface area (Å²) < 4.78 is 6.38. The van der Waals surface area contributed by atoms with Gasteiger partial charge in [-0.2, -0.15) is 0 Å². The fraction of sp³-hybridized carbons (Fsp3) is 0. The summed E-state index contributed by atoms with van der Waals surface area (Å²) in [5.41, 5.74) is 1.97. The number of carbonyl (C=O) groups is 1. The highest BCUT2D eigenvalue weighted by Crippen LogP contribution is 2.13. The predicted molar refractivity (Wildman–Crippen MR) is 65.8 cm³/mol. The number of furan rings is 1. The van der Waals surface area contributed by atoms with Gasteiger partial charge in [0.15, 0.2) is 0 Å². The van der Waals surface area contributed by atoms with E-state index in [1.807, 2.05) is 0 Å². The van der Waals surface area contributed by atoms with E-state index in [4.69, 9.17) is 4.42 Å². The first-order chi connectivity index (χ1) is 9.33. The number of hydrogen-bond acceptors (Lipinski definition) is 5. The van der Waals surface area contributed by atoms with Gasteiger partial charge in [-0.1, -0.05) is 0 Å². The molecular formula is C12H9N5O2. The van der Waals surface area contributed by atoms with Crippen LogP contribution >= 0.6 is 0 Å². The fourth-order valence-corrected chi connectivity index (χ4v) is 1.57. The lowest BCUT2D eigenvalue weighted by molar-refractivity contribution is 0.102. The molecule has 0 aliphatic carbocycles. The number of benzene rings is 1. The average Bonchev–Trinajstić information content (AvgIpc) is 3.13. The van der Waals surface area contributed by atoms with Crippen LogP contribution < -0.4 is 5.32 Å². The first-order valence-corrected chi connectivity index (χ1v) is 5.50. The Morgan fingerprint density at radius 2 is 2.05 bits per heavy atom. The monoisotopic (exact) mass is 255 g/mol. The van der Waals surface area contributed by atoms with Crippen LogP contribution in [-0.2, 0) is 0 Å². The first kappa shape index (κ1) is 11.1. The summed E-state index contributed by atoms with van der Waals surface area (Å²) in [5.74, 6) is -0.219. The number of amides is 1. The highest BCUT2D eigenvalue weighted by atomic mass is 16.3. The molecule has 1 aromatic carbocycles. The van der Waals surface area contributed by atoms with Crippen LogP contribution in [0.5, 0.6) is 0 Å². The van der Waals surface area contributed by atoms with E-state index in [1.54, 1.807) is 30.3 Å². The number of aromatic nitrogens is 4. The van der Waals surface area contributed by atoms with Crippen molar-refractivity contribution in [2.45, 2.75) is 0 Å². The highest BCUT2D eigenvalue weighted by molar-refractivity contribution is 6.03. The summed E-state index contributed by atoms with van der Waals surface area (Å²) in [5, 5.41) is 13.6. The molecule has 94 valence electrons. The fourth-order valence-electron chi connectivity index (χ4n) is 1.57. The molecule has 0 aliphatic heterocycles. The molecule has 7 heteroatoms. The van der Waals surface area contributed by atoms with Crippen LogP contribution in [0.4, 0.5) is 5.69 Å². The maximum absolute atomic E-state index is 11.8. The van der Waals surface area contributed by atoms with Crippen LogP contribution in [-0.4, -0.2) is 26.1 Å². The normalized spacial score (nSPS) is 10.3. The number of nitrogens with one attached hydrogen (secondary N) is 1. The molecule has 19 heavy (non-hydrogen) atoms. The summed E-state index contributed by atoms with van der Waals surface area (Å²) in [7, 11) is 0. The number of carbonyl (C=O) groups excluding carboxylic acids is 1. The van der Waals surface area contributed by atoms with E-state index in [0.29, 0.717) is 11.3 Å². The third-order valence-electron chi connectivity index (χ3n) is 2.52. The number of tetrazole rings is 1. The van der Waals surface area contributed by atoms with E-state index in [1.165, 1.54) is 23.5 Å². The zero-order chi connectivity index (χ0) is 13.1. The van der Waals surface area contributed by atoms with Crippen molar-refractivity contribution < 1.29 is 9.21 Å². The molecule has 0 saturated heterocycles. The molecule has 3 aromatic rings. The van der Waals surface area contributed by atoms with Gasteiger partial charge in [0.1, 0.15) is 12.6 Å². The Morgan fingerprint density at radius 1 is 1.21 bits per heavy atom. The minimum absolute atomic E-state index is 0.219. The zero-order valence-corrected chi connectivity index (χ0v) is 9.72. The smallest absolute Gasteiger partial charge is 0.258 e. The van der Waals surface area contributed by atoms with Gasteiger partial charge < -0.3 is 9.73 Å². The van der Waals surface area contributed by atoms with Gasteiger partial charge >= 0.3 is 0 Å². The van der Waals surface area contributed by atoms with Crippen LogP contribution in [0.25, 0.3) is 5.69 Å². The SMILES string of the molecule is O=C(Nc1ccc(-n2cnnn2)cc1)c1ccoc1. The lowest BCUT2D eigenvalue weighted by Crippen LogP contribution is -2.10. The number of rotatable bonds is 3. The van der Waals surface area contributed by atoms with E-state index in [9.17, 15) is 4.79 Å². The van der Waals surface area contributed by atoms with Crippen molar-refractivity contribution >= 4 is 11.6 Å². The van der Waals surface area contributed by atoms with E-state index >= 15 is 0 Å². The third kappa shape index (κ3) is 2.34. The molecule has 3 rings (SSSR count). The molecule has 0 atom stereocenters. The quantitative estimate of drug-likeness (QED) is 0.766. The van der Waals surface area contributed by atoms with Crippen molar-refractivity contribution in [3.8, 4) is 5.69 Å². The van der Waals surface area contributed by atoms with E-state index in [2.05, 4.69) is 20.8 Å². The standard InChI is InChI=1S/C12H9N5O2/c18-12(9-5-6-19-7-9)14-10-1-3-11(4-2-10)17-8-13-15-16-17/h1-8H,(H,14,18). The van der Waals surface area contributed by atoms with E-state index in [0.717, 1.165) is 5.69 Å². The van der Waals surface area contributed by atoms with E-state index < -0.39 is 0 Å². The van der Waals surface area contributed by atoms with Gasteiger partial charge in [-0.05, 0) is 40.8 Å². The minimum atomic E-state index is -0.219. The molecule has 0 radical (unpaired) electrons. The second-order valence-corrected chi connectivity index (χ2v) is 3.77. The predicted octanol–water partition coefficient (Wildman–Crippen LogP) is 1.51. The van der Waals surface area contributed by atoms with Crippen LogP contribution in [0.3, 0.4) is 0 Å². The van der Waals surface area contributed by atoms with Crippen molar-refractivity contribution in [3.63, 3.8) is 0 Å². The first-order valence-electron chi connectivity index (χ1n) is 5.50. The van der Waals surface area contributed by atoms with Crippen LogP contribution in [0, 0.1) is 0 Å². The maximum atomic E-state index is 11.8. The molecule has 0 bridgehead atoms. The summed E-state index contributed by atoms with van der Waals surface area (Å²) in [6, 6.07) is 8.76. The highest BCUT2D eigenvalue weighted by Gasteiger charge is 2.07. The van der Waals surface area contributed by atoms with Crippen molar-refractivity contribution in [2.24, 2.45) is 0 Å². The second-order valence-electron chi connectivity index (χ2n) is 3.77. The van der Waals surface area contributed by atoms with Gasteiger partial charge in [-0.15, -0.1) is 5.10 Å². The molecule has 0 aliphatic rings. The number of anilines is 1. The Kier molecular flexibility index (Phi) is 2.77. The van der Waals surface area contributed by atoms with E-state index in [-0.39, 0.29) is 5.91 Å². The Hall–Kier alpha value is -2.96. The molecule has 0 saturated carbocycles. The number of nitrogens with zero attached hydrogens (tertiary/aromatic N) is 4.